The predicted molar refractivity (Wildman–Crippen MR) is 131 cm³/mol. The normalized spacial score (nSPS) is 15.7. The molecule has 2 aliphatic rings. The van der Waals surface area contributed by atoms with E-state index < -0.39 is 6.03 Å². The van der Waals surface area contributed by atoms with E-state index in [0.717, 1.165) is 24.2 Å². The summed E-state index contributed by atoms with van der Waals surface area (Å²) in [5.41, 5.74) is 8.54. The summed E-state index contributed by atoms with van der Waals surface area (Å²) in [5, 5.41) is 7.03. The summed E-state index contributed by atoms with van der Waals surface area (Å²) in [4.78, 5) is 41.0. The number of carbonyl (C=O) groups excluding carboxylic acids is 3. The Labute approximate surface area is 202 Å². The van der Waals surface area contributed by atoms with E-state index in [-0.39, 0.29) is 17.6 Å². The number of nitrogens with two attached hydrogens (primary N) is 1. The van der Waals surface area contributed by atoms with Gasteiger partial charge in [-0.2, -0.15) is 0 Å². The van der Waals surface area contributed by atoms with Crippen LogP contribution in [0.15, 0.2) is 48.5 Å². The second-order valence-corrected chi connectivity index (χ2v) is 8.50. The topological polar surface area (TPSA) is 123 Å². The molecule has 1 saturated heterocycles. The zero-order valence-corrected chi connectivity index (χ0v) is 19.4. The molecule has 10 nitrogen and oxygen atoms in total. The molecular formula is C25H26N6O4. The number of nitrogens with zero attached hydrogens (tertiary/aromatic N) is 4. The minimum Gasteiger partial charge on any atom is -0.497 e. The average molecular weight is 475 g/mol. The number of methoxy groups -OCH3 is 1. The molecule has 0 saturated carbocycles. The Hall–Kier alpha value is -4.34. The van der Waals surface area contributed by atoms with Gasteiger partial charge in [0.15, 0.2) is 5.82 Å². The molecule has 5 rings (SSSR count). The molecule has 35 heavy (non-hydrogen) atoms. The Bertz CT molecular complexity index is 1280. The Balaban J connectivity index is 1.49. The van der Waals surface area contributed by atoms with Crippen molar-refractivity contribution >= 4 is 35.0 Å². The highest BCUT2D eigenvalue weighted by Crippen LogP contribution is 2.32. The van der Waals surface area contributed by atoms with Gasteiger partial charge in [-0.1, -0.05) is 0 Å². The SMILES string of the molecule is COc1ccc(-n2nc(NC(N)=O)c3c2C(=O)N(c2ccc(N4CCCCC4=O)cc2)CC3)cc1. The fourth-order valence-electron chi connectivity index (χ4n) is 4.62. The van der Waals surface area contributed by atoms with Crippen molar-refractivity contribution in [2.24, 2.45) is 5.73 Å². The van der Waals surface area contributed by atoms with E-state index in [1.807, 2.05) is 24.3 Å². The van der Waals surface area contributed by atoms with Crippen molar-refractivity contribution in [2.75, 3.05) is 35.3 Å². The number of rotatable bonds is 5. The smallest absolute Gasteiger partial charge is 0.317 e. The van der Waals surface area contributed by atoms with Crippen molar-refractivity contribution in [1.82, 2.24) is 9.78 Å². The molecule has 0 atom stereocenters. The van der Waals surface area contributed by atoms with Crippen LogP contribution in [-0.2, 0) is 11.2 Å². The third kappa shape index (κ3) is 4.18. The highest BCUT2D eigenvalue weighted by Gasteiger charge is 2.34. The van der Waals surface area contributed by atoms with Crippen LogP contribution in [0.5, 0.6) is 5.75 Å². The fraction of sp³-hybridized carbons (Fsp3) is 0.280. The maximum absolute atomic E-state index is 13.7. The van der Waals surface area contributed by atoms with Crippen molar-refractivity contribution in [3.05, 3.63) is 59.8 Å². The van der Waals surface area contributed by atoms with E-state index in [0.29, 0.717) is 48.6 Å². The number of urea groups is 1. The van der Waals surface area contributed by atoms with Crippen molar-refractivity contribution in [2.45, 2.75) is 25.7 Å². The predicted octanol–water partition coefficient (Wildman–Crippen LogP) is 3.09. The fourth-order valence-corrected chi connectivity index (χ4v) is 4.62. The van der Waals surface area contributed by atoms with Crippen LogP contribution in [0.4, 0.5) is 22.0 Å². The summed E-state index contributed by atoms with van der Waals surface area (Å²) in [5.74, 6) is 0.829. The molecule has 1 aromatic heterocycles. The Morgan fingerprint density at radius 3 is 2.20 bits per heavy atom. The summed E-state index contributed by atoms with van der Waals surface area (Å²) in [6.45, 7) is 1.12. The zero-order chi connectivity index (χ0) is 24.5. The van der Waals surface area contributed by atoms with Crippen LogP contribution < -0.4 is 25.6 Å². The lowest BCUT2D eigenvalue weighted by molar-refractivity contribution is -0.119. The van der Waals surface area contributed by atoms with E-state index in [4.69, 9.17) is 10.5 Å². The number of amides is 4. The van der Waals surface area contributed by atoms with Crippen LogP contribution in [0.2, 0.25) is 0 Å². The van der Waals surface area contributed by atoms with Crippen molar-refractivity contribution in [3.8, 4) is 11.4 Å². The van der Waals surface area contributed by atoms with E-state index in [2.05, 4.69) is 10.4 Å². The number of anilines is 3. The van der Waals surface area contributed by atoms with Gasteiger partial charge in [-0.3, -0.25) is 14.9 Å². The summed E-state index contributed by atoms with van der Waals surface area (Å²) >= 11 is 0. The number of hydrogen-bond donors (Lipinski definition) is 2. The first-order chi connectivity index (χ1) is 17.0. The van der Waals surface area contributed by atoms with Gasteiger partial charge in [-0.05, 0) is 67.8 Å². The van der Waals surface area contributed by atoms with Gasteiger partial charge in [0.2, 0.25) is 5.91 Å². The maximum Gasteiger partial charge on any atom is 0.317 e. The number of benzene rings is 2. The van der Waals surface area contributed by atoms with Gasteiger partial charge >= 0.3 is 6.03 Å². The summed E-state index contributed by atoms with van der Waals surface area (Å²) in [7, 11) is 1.58. The molecule has 0 radical (unpaired) electrons. The van der Waals surface area contributed by atoms with Crippen LogP contribution in [0, 0.1) is 0 Å². The number of aromatic nitrogens is 2. The van der Waals surface area contributed by atoms with Gasteiger partial charge in [0, 0.05) is 36.4 Å². The van der Waals surface area contributed by atoms with Crippen molar-refractivity contribution in [1.29, 1.82) is 0 Å². The molecule has 0 aliphatic carbocycles. The van der Waals surface area contributed by atoms with Gasteiger partial charge < -0.3 is 20.3 Å². The van der Waals surface area contributed by atoms with E-state index in [1.165, 1.54) is 4.68 Å². The first-order valence-corrected chi connectivity index (χ1v) is 11.5. The number of fused-ring (bicyclic) bond motifs is 1. The third-order valence-corrected chi connectivity index (χ3v) is 6.37. The molecular weight excluding hydrogens is 448 g/mol. The van der Waals surface area contributed by atoms with Crippen LogP contribution in [0.25, 0.3) is 5.69 Å². The van der Waals surface area contributed by atoms with Crippen LogP contribution in [0.1, 0.15) is 35.3 Å². The number of piperidine rings is 1. The molecule has 4 amide bonds. The minimum absolute atomic E-state index is 0.126. The monoisotopic (exact) mass is 474 g/mol. The number of nitrogens with one attached hydrogen (secondary N) is 1. The molecule has 3 heterocycles. The maximum atomic E-state index is 13.7. The van der Waals surface area contributed by atoms with Gasteiger partial charge in [0.05, 0.1) is 12.8 Å². The quantitative estimate of drug-likeness (QED) is 0.588. The van der Waals surface area contributed by atoms with E-state index in [9.17, 15) is 14.4 Å². The summed E-state index contributed by atoms with van der Waals surface area (Å²) in [6.07, 6.45) is 2.95. The summed E-state index contributed by atoms with van der Waals surface area (Å²) < 4.78 is 6.75. The Kier molecular flexibility index (Phi) is 5.86. The van der Waals surface area contributed by atoms with Gasteiger partial charge in [0.1, 0.15) is 11.4 Å². The number of carbonyl (C=O) groups is 3. The number of ether oxygens (including phenoxy) is 1. The van der Waals surface area contributed by atoms with Gasteiger partial charge in [0.25, 0.3) is 5.91 Å². The molecule has 3 N–H and O–H groups in total. The second-order valence-electron chi connectivity index (χ2n) is 8.50. The Morgan fingerprint density at radius 2 is 1.57 bits per heavy atom. The lowest BCUT2D eigenvalue weighted by atomic mass is 10.0. The largest absolute Gasteiger partial charge is 0.497 e. The van der Waals surface area contributed by atoms with Gasteiger partial charge in [-0.15, -0.1) is 5.10 Å². The van der Waals surface area contributed by atoms with E-state index >= 15 is 0 Å². The molecule has 1 fully saturated rings. The molecule has 0 bridgehead atoms. The first kappa shape index (κ1) is 22.5. The van der Waals surface area contributed by atoms with Crippen molar-refractivity contribution in [3.63, 3.8) is 0 Å². The van der Waals surface area contributed by atoms with Crippen LogP contribution in [-0.4, -0.2) is 47.8 Å². The Morgan fingerprint density at radius 1 is 0.914 bits per heavy atom. The molecule has 0 unspecified atom stereocenters. The molecule has 0 spiro atoms. The second kappa shape index (κ2) is 9.13. The molecule has 2 aliphatic heterocycles. The number of hydrogen-bond acceptors (Lipinski definition) is 5. The number of primary amides is 1. The lowest BCUT2D eigenvalue weighted by Gasteiger charge is -2.29. The molecule has 180 valence electrons. The molecule has 3 aromatic rings. The highest BCUT2D eigenvalue weighted by atomic mass is 16.5. The minimum atomic E-state index is -0.745. The third-order valence-electron chi connectivity index (χ3n) is 6.37. The highest BCUT2D eigenvalue weighted by molar-refractivity contribution is 6.09. The molecule has 2 aromatic carbocycles. The van der Waals surface area contributed by atoms with Crippen LogP contribution >= 0.6 is 0 Å². The molecule has 10 heteroatoms. The van der Waals surface area contributed by atoms with E-state index in [1.54, 1.807) is 41.2 Å². The lowest BCUT2D eigenvalue weighted by Crippen LogP contribution is -2.39. The van der Waals surface area contributed by atoms with Crippen LogP contribution in [0.3, 0.4) is 0 Å². The first-order valence-electron chi connectivity index (χ1n) is 11.5. The summed E-state index contributed by atoms with van der Waals surface area (Å²) in [6, 6.07) is 13.8. The zero-order valence-electron chi connectivity index (χ0n) is 19.4. The average Bonchev–Trinajstić information content (AvgIpc) is 3.23. The van der Waals surface area contributed by atoms with Crippen molar-refractivity contribution < 1.29 is 19.1 Å². The standard InChI is InChI=1S/C25H26N6O4/c1-35-19-11-9-18(10-12-19)31-22-20(23(28-31)27-25(26)34)13-15-30(24(22)33)17-7-5-16(6-8-17)29-14-3-2-4-21(29)32/h5-12H,2-4,13-15H2,1H3,(H3,26,27,28,34). The van der Waals surface area contributed by atoms with Gasteiger partial charge in [-0.25, -0.2) is 9.48 Å².